The van der Waals surface area contributed by atoms with Gasteiger partial charge in [-0.2, -0.15) is 0 Å². The Balaban J connectivity index is 1.77. The molecular formula is C26H23FN2O3. The van der Waals surface area contributed by atoms with E-state index in [-0.39, 0.29) is 17.4 Å². The molecule has 6 heteroatoms. The van der Waals surface area contributed by atoms with Crippen LogP contribution in [0.15, 0.2) is 78.5 Å². The van der Waals surface area contributed by atoms with Crippen molar-refractivity contribution in [2.24, 2.45) is 0 Å². The highest BCUT2D eigenvalue weighted by atomic mass is 19.1. The van der Waals surface area contributed by atoms with E-state index < -0.39 is 17.6 Å². The summed E-state index contributed by atoms with van der Waals surface area (Å²) >= 11 is 0. The number of hydrogen-bond acceptors (Lipinski definition) is 4. The van der Waals surface area contributed by atoms with Crippen molar-refractivity contribution in [1.29, 1.82) is 0 Å². The maximum absolute atomic E-state index is 13.7. The second-order valence-electron chi connectivity index (χ2n) is 7.86. The third-order valence-corrected chi connectivity index (χ3v) is 4.98. The zero-order valence-electron chi connectivity index (χ0n) is 18.1. The van der Waals surface area contributed by atoms with Crippen LogP contribution in [0.4, 0.5) is 15.8 Å². The Bertz CT molecular complexity index is 1200. The normalized spacial score (nSPS) is 13.8. The summed E-state index contributed by atoms with van der Waals surface area (Å²) in [4.78, 5) is 27.9. The van der Waals surface area contributed by atoms with Crippen LogP contribution < -0.4 is 15.0 Å². The quantitative estimate of drug-likeness (QED) is 0.538. The van der Waals surface area contributed by atoms with E-state index in [1.807, 2.05) is 32.9 Å². The molecule has 0 atom stereocenters. The van der Waals surface area contributed by atoms with Crippen LogP contribution in [0, 0.1) is 12.7 Å². The molecule has 0 spiro atoms. The first kappa shape index (κ1) is 21.3. The van der Waals surface area contributed by atoms with Crippen molar-refractivity contribution in [1.82, 2.24) is 0 Å². The molecule has 0 radical (unpaired) electrons. The number of aryl methyl sites for hydroxylation is 1. The number of anilines is 2. The molecular weight excluding hydrogens is 407 g/mol. The number of carbonyl (C=O) groups excluding carboxylic acids is 2. The summed E-state index contributed by atoms with van der Waals surface area (Å²) in [5.41, 5.74) is 2.74. The Morgan fingerprint density at radius 1 is 0.906 bits per heavy atom. The third kappa shape index (κ3) is 4.25. The minimum absolute atomic E-state index is 0.0111. The molecule has 0 saturated heterocycles. The van der Waals surface area contributed by atoms with Crippen molar-refractivity contribution in [2.75, 3.05) is 10.2 Å². The average molecular weight is 430 g/mol. The van der Waals surface area contributed by atoms with Gasteiger partial charge in [0.2, 0.25) is 0 Å². The van der Waals surface area contributed by atoms with Crippen LogP contribution in [0.1, 0.15) is 25.0 Å². The lowest BCUT2D eigenvalue weighted by atomic mass is 10.0. The van der Waals surface area contributed by atoms with Crippen molar-refractivity contribution < 1.29 is 18.7 Å². The van der Waals surface area contributed by atoms with Gasteiger partial charge in [-0.05, 0) is 68.8 Å². The van der Waals surface area contributed by atoms with Crippen LogP contribution in [0.25, 0.3) is 5.57 Å². The van der Waals surface area contributed by atoms with Gasteiger partial charge in [-0.25, -0.2) is 9.29 Å². The fourth-order valence-electron chi connectivity index (χ4n) is 3.52. The average Bonchev–Trinajstić information content (AvgIpc) is 2.99. The number of nitrogens with one attached hydrogen (secondary N) is 1. The number of hydrogen-bond donors (Lipinski definition) is 1. The number of benzene rings is 3. The van der Waals surface area contributed by atoms with E-state index in [1.165, 1.54) is 18.2 Å². The standard InChI is InChI=1S/C26H23FN2O3/c1-16(2)32-22-13-9-18(10-14-22)23-24(28-20-6-4-5-19(27)15-20)26(31)29(25(23)30)21-11-7-17(3)8-12-21/h4-16,28H,1-3H3. The zero-order valence-corrected chi connectivity index (χ0v) is 18.1. The molecule has 0 unspecified atom stereocenters. The summed E-state index contributed by atoms with van der Waals surface area (Å²) in [7, 11) is 0. The molecule has 32 heavy (non-hydrogen) atoms. The Kier molecular flexibility index (Phi) is 5.77. The van der Waals surface area contributed by atoms with Gasteiger partial charge in [0.15, 0.2) is 0 Å². The lowest BCUT2D eigenvalue weighted by Gasteiger charge is -2.15. The van der Waals surface area contributed by atoms with E-state index in [2.05, 4.69) is 5.32 Å². The Morgan fingerprint density at radius 2 is 1.59 bits per heavy atom. The molecule has 0 fully saturated rings. The maximum atomic E-state index is 13.7. The molecule has 1 N–H and O–H groups in total. The minimum atomic E-state index is -0.499. The van der Waals surface area contributed by atoms with Crippen LogP contribution in [-0.4, -0.2) is 17.9 Å². The molecule has 0 aliphatic carbocycles. The van der Waals surface area contributed by atoms with Gasteiger partial charge >= 0.3 is 0 Å². The van der Waals surface area contributed by atoms with Gasteiger partial charge in [0.1, 0.15) is 17.3 Å². The second-order valence-corrected chi connectivity index (χ2v) is 7.86. The van der Waals surface area contributed by atoms with Gasteiger partial charge in [0, 0.05) is 5.69 Å². The Morgan fingerprint density at radius 3 is 2.22 bits per heavy atom. The van der Waals surface area contributed by atoms with Crippen molar-refractivity contribution in [3.8, 4) is 5.75 Å². The number of nitrogens with zero attached hydrogens (tertiary/aromatic N) is 1. The molecule has 3 aromatic rings. The Labute approximate surface area is 186 Å². The number of carbonyl (C=O) groups is 2. The summed E-state index contributed by atoms with van der Waals surface area (Å²) in [6.45, 7) is 5.78. The molecule has 162 valence electrons. The summed E-state index contributed by atoms with van der Waals surface area (Å²) in [5.74, 6) is -0.730. The van der Waals surface area contributed by atoms with Gasteiger partial charge in [-0.15, -0.1) is 0 Å². The highest BCUT2D eigenvalue weighted by Gasteiger charge is 2.40. The smallest absolute Gasteiger partial charge is 0.282 e. The molecule has 1 aliphatic rings. The van der Waals surface area contributed by atoms with E-state index in [0.29, 0.717) is 22.7 Å². The number of ether oxygens (including phenoxy) is 1. The lowest BCUT2D eigenvalue weighted by Crippen LogP contribution is -2.32. The first-order valence-corrected chi connectivity index (χ1v) is 10.3. The molecule has 0 aromatic heterocycles. The van der Waals surface area contributed by atoms with Gasteiger partial charge in [-0.3, -0.25) is 9.59 Å². The molecule has 0 saturated carbocycles. The SMILES string of the molecule is Cc1ccc(N2C(=O)C(Nc3cccc(F)c3)=C(c3ccc(OC(C)C)cc3)C2=O)cc1. The van der Waals surface area contributed by atoms with Crippen molar-refractivity contribution >= 4 is 28.8 Å². The fourth-order valence-corrected chi connectivity index (χ4v) is 3.52. The molecule has 5 nitrogen and oxygen atoms in total. The summed E-state index contributed by atoms with van der Waals surface area (Å²) < 4.78 is 19.4. The van der Waals surface area contributed by atoms with Crippen LogP contribution >= 0.6 is 0 Å². The van der Waals surface area contributed by atoms with Gasteiger partial charge in [-0.1, -0.05) is 35.9 Å². The number of rotatable bonds is 6. The van der Waals surface area contributed by atoms with Crippen molar-refractivity contribution in [2.45, 2.75) is 26.9 Å². The van der Waals surface area contributed by atoms with E-state index in [0.717, 1.165) is 10.5 Å². The molecule has 1 aliphatic heterocycles. The van der Waals surface area contributed by atoms with E-state index in [9.17, 15) is 14.0 Å². The van der Waals surface area contributed by atoms with Crippen LogP contribution in [0.2, 0.25) is 0 Å². The number of halogens is 1. The van der Waals surface area contributed by atoms with E-state index in [4.69, 9.17) is 4.74 Å². The number of amides is 2. The highest BCUT2D eigenvalue weighted by molar-refractivity contribution is 6.46. The first-order valence-electron chi connectivity index (χ1n) is 10.3. The summed E-state index contributed by atoms with van der Waals surface area (Å²) in [5, 5.41) is 2.96. The third-order valence-electron chi connectivity index (χ3n) is 4.98. The zero-order chi connectivity index (χ0) is 22.8. The van der Waals surface area contributed by atoms with Gasteiger partial charge in [0.05, 0.1) is 17.4 Å². The molecule has 0 bridgehead atoms. The van der Waals surface area contributed by atoms with Gasteiger partial charge < -0.3 is 10.1 Å². The Hall–Kier alpha value is -3.93. The molecule has 2 amide bonds. The topological polar surface area (TPSA) is 58.6 Å². The maximum Gasteiger partial charge on any atom is 0.282 e. The second kappa shape index (κ2) is 8.67. The van der Waals surface area contributed by atoms with Crippen molar-refractivity contribution in [3.63, 3.8) is 0 Å². The van der Waals surface area contributed by atoms with Gasteiger partial charge in [0.25, 0.3) is 11.8 Å². The minimum Gasteiger partial charge on any atom is -0.491 e. The summed E-state index contributed by atoms with van der Waals surface area (Å²) in [6, 6.07) is 19.9. The largest absolute Gasteiger partial charge is 0.491 e. The monoisotopic (exact) mass is 430 g/mol. The van der Waals surface area contributed by atoms with Crippen LogP contribution in [0.5, 0.6) is 5.75 Å². The molecule has 1 heterocycles. The van der Waals surface area contributed by atoms with Crippen LogP contribution in [-0.2, 0) is 9.59 Å². The molecule has 3 aromatic carbocycles. The predicted octanol–water partition coefficient (Wildman–Crippen LogP) is 5.32. The van der Waals surface area contributed by atoms with Crippen molar-refractivity contribution in [3.05, 3.63) is 95.4 Å². The lowest BCUT2D eigenvalue weighted by molar-refractivity contribution is -0.120. The fraction of sp³-hybridized carbons (Fsp3) is 0.154. The van der Waals surface area contributed by atoms with E-state index >= 15 is 0 Å². The first-order chi connectivity index (χ1) is 15.3. The number of imide groups is 1. The van der Waals surface area contributed by atoms with E-state index in [1.54, 1.807) is 42.5 Å². The van der Waals surface area contributed by atoms with Crippen LogP contribution in [0.3, 0.4) is 0 Å². The predicted molar refractivity (Wildman–Crippen MR) is 123 cm³/mol. The highest BCUT2D eigenvalue weighted by Crippen LogP contribution is 2.34. The molecule has 4 rings (SSSR count). The summed E-state index contributed by atoms with van der Waals surface area (Å²) in [6.07, 6.45) is 0.0111.